The van der Waals surface area contributed by atoms with Gasteiger partial charge in [0.1, 0.15) is 17.2 Å². The number of aryl methyl sites for hydroxylation is 1. The lowest BCUT2D eigenvalue weighted by Crippen LogP contribution is -2.18. The van der Waals surface area contributed by atoms with Gasteiger partial charge in [-0.05, 0) is 50.2 Å². The number of aromatic hydroxyl groups is 1. The Bertz CT molecular complexity index is 1510. The number of fused-ring (bicyclic) bond motifs is 1. The lowest BCUT2D eigenvalue weighted by molar-refractivity contribution is 0.407. The average Bonchev–Trinajstić information content (AvgIpc) is 3.21. The summed E-state index contributed by atoms with van der Waals surface area (Å²) in [7, 11) is -3.07. The summed E-state index contributed by atoms with van der Waals surface area (Å²) >= 11 is 0. The van der Waals surface area contributed by atoms with E-state index in [4.69, 9.17) is 9.47 Å². The zero-order valence-electron chi connectivity index (χ0n) is 19.0. The summed E-state index contributed by atoms with van der Waals surface area (Å²) in [5, 5.41) is 9.45. The molecule has 0 aliphatic carbocycles. The average molecular weight is 502 g/mol. The third-order valence-corrected chi connectivity index (χ3v) is 8.44. The molecule has 178 valence electrons. The minimum absolute atomic E-state index is 0.0615. The molecule has 0 aliphatic rings. The molecular formula is C23H23N3O6S2. The normalized spacial score (nSPS) is 12.6. The van der Waals surface area contributed by atoms with Crippen LogP contribution in [0.2, 0.25) is 0 Å². The van der Waals surface area contributed by atoms with Crippen LogP contribution in [-0.2, 0) is 26.6 Å². The molecule has 0 saturated heterocycles. The van der Waals surface area contributed by atoms with Crippen molar-refractivity contribution in [3.05, 3.63) is 65.5 Å². The fourth-order valence-electron chi connectivity index (χ4n) is 3.64. The molecule has 1 N–H and O–H groups in total. The lowest BCUT2D eigenvalue weighted by Gasteiger charge is -2.13. The van der Waals surface area contributed by atoms with E-state index in [0.29, 0.717) is 22.7 Å². The van der Waals surface area contributed by atoms with Gasteiger partial charge in [-0.15, -0.1) is 0 Å². The Kier molecular flexibility index (Phi) is 6.32. The number of phenolic OH excluding ortho intramolecular Hbond substituents is 1. The fourth-order valence-corrected chi connectivity index (χ4v) is 6.68. The number of pyridine rings is 1. The fraction of sp³-hybridized carbons (Fsp3) is 0.217. The second-order valence-electron chi connectivity index (χ2n) is 7.55. The minimum atomic E-state index is -4.21. The van der Waals surface area contributed by atoms with E-state index in [1.807, 2.05) is 13.8 Å². The highest BCUT2D eigenvalue weighted by Crippen LogP contribution is 2.30. The molecule has 0 spiro atoms. The number of benzene rings is 2. The summed E-state index contributed by atoms with van der Waals surface area (Å²) < 4.78 is 52.5. The summed E-state index contributed by atoms with van der Waals surface area (Å²) in [4.78, 5) is 8.70. The predicted octanol–water partition coefficient (Wildman–Crippen LogP) is 3.32. The third kappa shape index (κ3) is 4.12. The quantitative estimate of drug-likeness (QED) is 0.409. The van der Waals surface area contributed by atoms with Crippen molar-refractivity contribution in [2.75, 3.05) is 14.2 Å². The van der Waals surface area contributed by atoms with Gasteiger partial charge in [0.25, 0.3) is 10.0 Å². The number of ether oxygens (including phenoxy) is 2. The molecule has 34 heavy (non-hydrogen) atoms. The number of phenols is 1. The molecule has 0 radical (unpaired) electrons. The molecule has 0 saturated carbocycles. The van der Waals surface area contributed by atoms with Crippen LogP contribution < -0.4 is 9.47 Å². The Hall–Kier alpha value is -3.44. The van der Waals surface area contributed by atoms with Gasteiger partial charge in [-0.1, -0.05) is 0 Å². The zero-order chi connectivity index (χ0) is 24.6. The zero-order valence-corrected chi connectivity index (χ0v) is 20.6. The monoisotopic (exact) mass is 501 g/mol. The van der Waals surface area contributed by atoms with Gasteiger partial charge < -0.3 is 14.6 Å². The topological polar surface area (TPSA) is 121 Å². The highest BCUT2D eigenvalue weighted by atomic mass is 32.2. The molecular weight excluding hydrogens is 478 g/mol. The van der Waals surface area contributed by atoms with Crippen molar-refractivity contribution in [1.82, 2.24) is 13.9 Å². The highest BCUT2D eigenvalue weighted by molar-refractivity contribution is 7.91. The first-order chi connectivity index (χ1) is 16.2. The van der Waals surface area contributed by atoms with Crippen molar-refractivity contribution in [3.63, 3.8) is 0 Å². The predicted molar refractivity (Wildman–Crippen MR) is 127 cm³/mol. The van der Waals surface area contributed by atoms with Gasteiger partial charge >= 0.3 is 0 Å². The van der Waals surface area contributed by atoms with E-state index < -0.39 is 20.8 Å². The maximum Gasteiger partial charge on any atom is 0.270 e. The smallest absolute Gasteiger partial charge is 0.270 e. The lowest BCUT2D eigenvalue weighted by atomic mass is 10.1. The second kappa shape index (κ2) is 9.07. The molecule has 2 aromatic heterocycles. The number of imidazole rings is 1. The standard InChI is InChI=1S/C23H23N3O6S2/c1-14-12-24-20(15(2)22(14)32-4)13-33(28)23-25-19-10-7-17(31-3)11-21(19)26(23)34(29,30)18-8-5-16(27)6-9-18/h5-12,27H,13H2,1-4H3/t33-/m0/s1. The van der Waals surface area contributed by atoms with Gasteiger partial charge in [0.15, 0.2) is 0 Å². The largest absolute Gasteiger partial charge is 0.508 e. The Balaban J connectivity index is 1.89. The van der Waals surface area contributed by atoms with Crippen molar-refractivity contribution >= 4 is 31.9 Å². The van der Waals surface area contributed by atoms with Crippen LogP contribution >= 0.6 is 0 Å². The summed E-state index contributed by atoms with van der Waals surface area (Å²) in [6.07, 6.45) is 1.62. The number of rotatable bonds is 7. The Morgan fingerprint density at radius 1 is 1.06 bits per heavy atom. The summed E-state index contributed by atoms with van der Waals surface area (Å²) in [5.41, 5.74) is 2.64. The highest BCUT2D eigenvalue weighted by Gasteiger charge is 2.28. The van der Waals surface area contributed by atoms with Crippen LogP contribution in [0.3, 0.4) is 0 Å². The Labute approximate surface area is 199 Å². The van der Waals surface area contributed by atoms with E-state index in [0.717, 1.165) is 15.1 Å². The summed E-state index contributed by atoms with van der Waals surface area (Å²) in [6.45, 7) is 3.67. The summed E-state index contributed by atoms with van der Waals surface area (Å²) in [6, 6.07) is 9.88. The van der Waals surface area contributed by atoms with Crippen molar-refractivity contribution in [3.8, 4) is 17.2 Å². The van der Waals surface area contributed by atoms with Gasteiger partial charge in [-0.25, -0.2) is 17.4 Å². The van der Waals surface area contributed by atoms with Gasteiger partial charge in [0.05, 0.1) is 52.4 Å². The molecule has 2 heterocycles. The van der Waals surface area contributed by atoms with Crippen LogP contribution in [0.5, 0.6) is 17.2 Å². The van der Waals surface area contributed by atoms with Crippen LogP contribution in [-0.4, -0.2) is 45.9 Å². The Morgan fingerprint density at radius 2 is 1.76 bits per heavy atom. The van der Waals surface area contributed by atoms with E-state index >= 15 is 0 Å². The molecule has 0 aliphatic heterocycles. The molecule has 0 fully saturated rings. The van der Waals surface area contributed by atoms with Gasteiger partial charge in [0.2, 0.25) is 5.16 Å². The molecule has 0 unspecified atom stereocenters. The van der Waals surface area contributed by atoms with E-state index in [9.17, 15) is 17.7 Å². The van der Waals surface area contributed by atoms with Crippen LogP contribution in [0.4, 0.5) is 0 Å². The maximum absolute atomic E-state index is 13.6. The summed E-state index contributed by atoms with van der Waals surface area (Å²) in [5.74, 6) is 0.924. The first-order valence-corrected chi connectivity index (χ1v) is 12.9. The second-order valence-corrected chi connectivity index (χ2v) is 10.7. The molecule has 11 heteroatoms. The number of hydrogen-bond donors (Lipinski definition) is 1. The first-order valence-electron chi connectivity index (χ1n) is 10.2. The van der Waals surface area contributed by atoms with Crippen LogP contribution in [0, 0.1) is 13.8 Å². The van der Waals surface area contributed by atoms with Gasteiger partial charge in [-0.3, -0.25) is 9.19 Å². The van der Waals surface area contributed by atoms with Gasteiger partial charge in [-0.2, -0.15) is 0 Å². The van der Waals surface area contributed by atoms with Crippen LogP contribution in [0.1, 0.15) is 16.8 Å². The molecule has 0 bridgehead atoms. The van der Waals surface area contributed by atoms with Crippen molar-refractivity contribution in [2.45, 2.75) is 29.7 Å². The van der Waals surface area contributed by atoms with Crippen LogP contribution in [0.25, 0.3) is 11.0 Å². The molecule has 4 aromatic rings. The Morgan fingerprint density at radius 3 is 2.41 bits per heavy atom. The number of hydrogen-bond acceptors (Lipinski definition) is 8. The van der Waals surface area contributed by atoms with Crippen LogP contribution in [0.15, 0.2) is 58.7 Å². The van der Waals surface area contributed by atoms with E-state index in [1.54, 1.807) is 25.4 Å². The minimum Gasteiger partial charge on any atom is -0.508 e. The number of aromatic nitrogens is 3. The van der Waals surface area contributed by atoms with E-state index in [2.05, 4.69) is 9.97 Å². The van der Waals surface area contributed by atoms with Crippen molar-refractivity contribution < 1.29 is 27.2 Å². The molecule has 0 amide bonds. The maximum atomic E-state index is 13.6. The molecule has 4 rings (SSSR count). The molecule has 9 nitrogen and oxygen atoms in total. The number of methoxy groups -OCH3 is 2. The molecule has 2 aromatic carbocycles. The van der Waals surface area contributed by atoms with Crippen molar-refractivity contribution in [2.24, 2.45) is 0 Å². The first kappa shape index (κ1) is 23.7. The van der Waals surface area contributed by atoms with E-state index in [1.165, 1.54) is 37.4 Å². The van der Waals surface area contributed by atoms with Gasteiger partial charge in [0, 0.05) is 23.4 Å². The van der Waals surface area contributed by atoms with Crippen molar-refractivity contribution in [1.29, 1.82) is 0 Å². The van der Waals surface area contributed by atoms with E-state index in [-0.39, 0.29) is 27.1 Å². The number of nitrogens with zero attached hydrogens (tertiary/aromatic N) is 3. The third-order valence-electron chi connectivity index (χ3n) is 5.39. The molecule has 1 atom stereocenters. The SMILES string of the molecule is COc1ccc2nc([S@@](=O)Cc3ncc(C)c(OC)c3C)n(S(=O)(=O)c3ccc(O)cc3)c2c1.